The normalized spacial score (nSPS) is 18.9. The highest BCUT2D eigenvalue weighted by atomic mass is 16.2. The molecular weight excluding hydrogens is 248 g/mol. The second-order valence-electron chi connectivity index (χ2n) is 6.02. The Labute approximate surface area is 122 Å². The lowest BCUT2D eigenvalue weighted by Gasteiger charge is -2.28. The monoisotopic (exact) mass is 274 g/mol. The molecule has 3 heteroatoms. The first-order chi connectivity index (χ1) is 9.56. The van der Waals surface area contributed by atoms with E-state index in [9.17, 15) is 4.79 Å². The van der Waals surface area contributed by atoms with Crippen LogP contribution in [0.3, 0.4) is 0 Å². The smallest absolute Gasteiger partial charge is 0.226 e. The van der Waals surface area contributed by atoms with Crippen LogP contribution in [0.4, 0.5) is 0 Å². The van der Waals surface area contributed by atoms with E-state index in [2.05, 4.69) is 37.4 Å². The van der Waals surface area contributed by atoms with Crippen molar-refractivity contribution in [1.82, 2.24) is 10.2 Å². The summed E-state index contributed by atoms with van der Waals surface area (Å²) in [5.41, 5.74) is 3.65. The molecule has 0 spiro atoms. The van der Waals surface area contributed by atoms with Crippen LogP contribution in [0.2, 0.25) is 0 Å². The molecule has 3 nitrogen and oxygen atoms in total. The minimum Gasteiger partial charge on any atom is -0.344 e. The Kier molecular flexibility index (Phi) is 5.18. The molecule has 1 amide bonds. The predicted molar refractivity (Wildman–Crippen MR) is 82.9 cm³/mol. The first-order valence-electron chi connectivity index (χ1n) is 7.60. The van der Waals surface area contributed by atoms with Crippen molar-refractivity contribution >= 4 is 5.91 Å². The number of likely N-dealkylation sites (N-methyl/N-ethyl adjacent to an activating group) is 1. The van der Waals surface area contributed by atoms with Crippen LogP contribution in [-0.4, -0.2) is 37.0 Å². The van der Waals surface area contributed by atoms with Crippen LogP contribution in [0.1, 0.15) is 36.0 Å². The van der Waals surface area contributed by atoms with Crippen LogP contribution in [0.5, 0.6) is 0 Å². The molecule has 20 heavy (non-hydrogen) atoms. The zero-order chi connectivity index (χ0) is 14.5. The fourth-order valence-corrected chi connectivity index (χ4v) is 2.74. The third-order valence-electron chi connectivity index (χ3n) is 4.26. The number of piperidine rings is 1. The average molecular weight is 274 g/mol. The molecule has 0 aromatic heterocycles. The van der Waals surface area contributed by atoms with Gasteiger partial charge >= 0.3 is 0 Å². The number of rotatable bonds is 4. The SMILES string of the molecule is Cc1ccc(CC(=O)N(C)CC2CCCCN2)cc1C. The summed E-state index contributed by atoms with van der Waals surface area (Å²) < 4.78 is 0. The zero-order valence-corrected chi connectivity index (χ0v) is 12.9. The number of amides is 1. The summed E-state index contributed by atoms with van der Waals surface area (Å²) in [4.78, 5) is 14.2. The molecule has 1 aromatic rings. The van der Waals surface area contributed by atoms with Crippen LogP contribution in [0.15, 0.2) is 18.2 Å². The van der Waals surface area contributed by atoms with E-state index in [1.54, 1.807) is 0 Å². The molecule has 2 rings (SSSR count). The number of aryl methyl sites for hydroxylation is 2. The fourth-order valence-electron chi connectivity index (χ4n) is 2.74. The number of hydrogen-bond donors (Lipinski definition) is 1. The third kappa shape index (κ3) is 4.07. The summed E-state index contributed by atoms with van der Waals surface area (Å²) >= 11 is 0. The zero-order valence-electron chi connectivity index (χ0n) is 12.9. The molecule has 0 bridgehead atoms. The molecule has 0 saturated carbocycles. The van der Waals surface area contributed by atoms with Crippen LogP contribution >= 0.6 is 0 Å². The van der Waals surface area contributed by atoms with Crippen LogP contribution in [0, 0.1) is 13.8 Å². The van der Waals surface area contributed by atoms with Gasteiger partial charge in [-0.2, -0.15) is 0 Å². The second-order valence-corrected chi connectivity index (χ2v) is 6.02. The van der Waals surface area contributed by atoms with Gasteiger partial charge in [0.15, 0.2) is 0 Å². The molecule has 1 aliphatic rings. The standard InChI is InChI=1S/C17H26N2O/c1-13-7-8-15(10-14(13)2)11-17(20)19(3)12-16-6-4-5-9-18-16/h7-8,10,16,18H,4-6,9,11-12H2,1-3H3. The molecule has 1 unspecified atom stereocenters. The van der Waals surface area contributed by atoms with Gasteiger partial charge in [0.25, 0.3) is 0 Å². The molecule has 1 N–H and O–H groups in total. The van der Waals surface area contributed by atoms with Gasteiger partial charge in [0.05, 0.1) is 6.42 Å². The lowest BCUT2D eigenvalue weighted by Crippen LogP contribution is -2.44. The lowest BCUT2D eigenvalue weighted by molar-refractivity contribution is -0.129. The summed E-state index contributed by atoms with van der Waals surface area (Å²) in [5, 5.41) is 3.49. The Morgan fingerprint density at radius 2 is 2.10 bits per heavy atom. The predicted octanol–water partition coefficient (Wildman–Crippen LogP) is 2.45. The number of hydrogen-bond acceptors (Lipinski definition) is 2. The summed E-state index contributed by atoms with van der Waals surface area (Å²) in [5.74, 6) is 0.209. The van der Waals surface area contributed by atoms with Crippen LogP contribution in [0.25, 0.3) is 0 Å². The summed E-state index contributed by atoms with van der Waals surface area (Å²) in [6.07, 6.45) is 4.22. The van der Waals surface area contributed by atoms with E-state index in [0.29, 0.717) is 12.5 Å². The first kappa shape index (κ1) is 15.0. The van der Waals surface area contributed by atoms with Crippen molar-refractivity contribution in [3.63, 3.8) is 0 Å². The Balaban J connectivity index is 1.88. The molecule has 1 aliphatic heterocycles. The van der Waals surface area contributed by atoms with E-state index in [1.807, 2.05) is 11.9 Å². The fraction of sp³-hybridized carbons (Fsp3) is 0.588. The number of benzene rings is 1. The number of nitrogens with one attached hydrogen (secondary N) is 1. The van der Waals surface area contributed by atoms with Gasteiger partial charge in [-0.15, -0.1) is 0 Å². The van der Waals surface area contributed by atoms with Crippen molar-refractivity contribution in [2.24, 2.45) is 0 Å². The van der Waals surface area contributed by atoms with Crippen molar-refractivity contribution in [3.05, 3.63) is 34.9 Å². The van der Waals surface area contributed by atoms with Crippen molar-refractivity contribution in [3.8, 4) is 0 Å². The largest absolute Gasteiger partial charge is 0.344 e. The van der Waals surface area contributed by atoms with Gasteiger partial charge in [-0.1, -0.05) is 24.6 Å². The van der Waals surface area contributed by atoms with Gasteiger partial charge in [-0.05, 0) is 49.9 Å². The molecule has 0 aliphatic carbocycles. The number of carbonyl (C=O) groups is 1. The highest BCUT2D eigenvalue weighted by molar-refractivity contribution is 5.78. The quantitative estimate of drug-likeness (QED) is 0.914. The molecule has 1 aromatic carbocycles. The van der Waals surface area contributed by atoms with Crippen molar-refractivity contribution < 1.29 is 4.79 Å². The maximum atomic E-state index is 12.3. The third-order valence-corrected chi connectivity index (χ3v) is 4.26. The van der Waals surface area contributed by atoms with Crippen molar-refractivity contribution in [2.45, 2.75) is 45.6 Å². The maximum Gasteiger partial charge on any atom is 0.226 e. The Hall–Kier alpha value is -1.35. The Morgan fingerprint density at radius 3 is 2.75 bits per heavy atom. The van der Waals surface area contributed by atoms with Gasteiger partial charge in [-0.25, -0.2) is 0 Å². The van der Waals surface area contributed by atoms with E-state index >= 15 is 0 Å². The van der Waals surface area contributed by atoms with E-state index in [1.165, 1.54) is 30.4 Å². The summed E-state index contributed by atoms with van der Waals surface area (Å²) in [6, 6.07) is 6.76. The second kappa shape index (κ2) is 6.89. The van der Waals surface area contributed by atoms with E-state index in [4.69, 9.17) is 0 Å². The highest BCUT2D eigenvalue weighted by Crippen LogP contribution is 2.12. The van der Waals surface area contributed by atoms with E-state index in [-0.39, 0.29) is 5.91 Å². The van der Waals surface area contributed by atoms with E-state index < -0.39 is 0 Å². The van der Waals surface area contributed by atoms with Gasteiger partial charge in [0.2, 0.25) is 5.91 Å². The average Bonchev–Trinajstić information content (AvgIpc) is 2.44. The number of nitrogens with zero attached hydrogens (tertiary/aromatic N) is 1. The molecule has 1 saturated heterocycles. The molecule has 1 atom stereocenters. The van der Waals surface area contributed by atoms with Crippen molar-refractivity contribution in [2.75, 3.05) is 20.1 Å². The van der Waals surface area contributed by atoms with Crippen LogP contribution < -0.4 is 5.32 Å². The number of carbonyl (C=O) groups excluding carboxylic acids is 1. The minimum absolute atomic E-state index is 0.209. The maximum absolute atomic E-state index is 12.3. The van der Waals surface area contributed by atoms with Gasteiger partial charge < -0.3 is 10.2 Å². The van der Waals surface area contributed by atoms with Crippen LogP contribution in [-0.2, 0) is 11.2 Å². The van der Waals surface area contributed by atoms with Gasteiger partial charge in [0, 0.05) is 19.6 Å². The molecule has 110 valence electrons. The van der Waals surface area contributed by atoms with Gasteiger partial charge in [-0.3, -0.25) is 4.79 Å². The molecule has 0 radical (unpaired) electrons. The topological polar surface area (TPSA) is 32.3 Å². The van der Waals surface area contributed by atoms with Gasteiger partial charge in [0.1, 0.15) is 0 Å². The molecule has 1 fully saturated rings. The highest BCUT2D eigenvalue weighted by Gasteiger charge is 2.17. The Bertz CT molecular complexity index is 464. The summed E-state index contributed by atoms with van der Waals surface area (Å²) in [7, 11) is 1.92. The lowest BCUT2D eigenvalue weighted by atomic mass is 10.0. The van der Waals surface area contributed by atoms with Crippen molar-refractivity contribution in [1.29, 1.82) is 0 Å². The molecular formula is C17H26N2O. The van der Waals surface area contributed by atoms with E-state index in [0.717, 1.165) is 18.7 Å². The Morgan fingerprint density at radius 1 is 1.30 bits per heavy atom. The summed E-state index contributed by atoms with van der Waals surface area (Å²) in [6.45, 7) is 6.11. The first-order valence-corrected chi connectivity index (χ1v) is 7.60. The minimum atomic E-state index is 0.209. The molecule has 1 heterocycles.